The number of fused-ring (bicyclic) bond motifs is 3. The quantitative estimate of drug-likeness (QED) is 0.353. The van der Waals surface area contributed by atoms with E-state index in [0.29, 0.717) is 54.8 Å². The molecule has 0 aliphatic heterocycles. The van der Waals surface area contributed by atoms with Gasteiger partial charge in [0.1, 0.15) is 17.4 Å². The number of nitrogens with zero attached hydrogens (tertiary/aromatic N) is 4. The van der Waals surface area contributed by atoms with Gasteiger partial charge in [0.05, 0.1) is 11.0 Å². The molecule has 7 heteroatoms. The Kier molecular flexibility index (Phi) is 8.53. The van der Waals surface area contributed by atoms with E-state index in [1.807, 2.05) is 29.5 Å². The molecule has 0 fully saturated rings. The lowest BCUT2D eigenvalue weighted by Gasteiger charge is -2.11. The molecule has 0 bridgehead atoms. The fourth-order valence-corrected chi connectivity index (χ4v) is 4.19. The highest BCUT2D eigenvalue weighted by atomic mass is 16.1. The highest BCUT2D eigenvalue weighted by Gasteiger charge is 2.14. The molecule has 7 nitrogen and oxygen atoms in total. The molecule has 178 valence electrons. The molecule has 0 saturated carbocycles. The number of rotatable bonds is 13. The first kappa shape index (κ1) is 24.8. The average Bonchev–Trinajstić information content (AvgIpc) is 3.11. The maximum Gasteiger partial charge on any atom is 0.204 e. The number of nitrogens with one attached hydrogen (secondary N) is 1. The molecule has 0 atom stereocenters. The maximum absolute atomic E-state index is 12.3. The second-order valence-corrected chi connectivity index (χ2v) is 9.88. The summed E-state index contributed by atoms with van der Waals surface area (Å²) in [5.74, 6) is 2.90. The van der Waals surface area contributed by atoms with E-state index in [0.717, 1.165) is 48.2 Å². The predicted molar refractivity (Wildman–Crippen MR) is 133 cm³/mol. The van der Waals surface area contributed by atoms with E-state index in [1.165, 1.54) is 0 Å². The van der Waals surface area contributed by atoms with Crippen molar-refractivity contribution in [3.05, 3.63) is 29.6 Å². The number of carbonyl (C=O) groups is 2. The van der Waals surface area contributed by atoms with Gasteiger partial charge in [0, 0.05) is 32.2 Å². The van der Waals surface area contributed by atoms with E-state index in [2.05, 4.69) is 43.2 Å². The van der Waals surface area contributed by atoms with Gasteiger partial charge in [-0.05, 0) is 49.3 Å². The van der Waals surface area contributed by atoms with Crippen LogP contribution < -0.4 is 5.32 Å². The minimum atomic E-state index is 0.248. The number of aromatic nitrogens is 4. The summed E-state index contributed by atoms with van der Waals surface area (Å²) < 4.78 is 2.01. The lowest BCUT2D eigenvalue weighted by atomic mass is 10.0. The van der Waals surface area contributed by atoms with Crippen LogP contribution in [0.3, 0.4) is 0 Å². The van der Waals surface area contributed by atoms with Gasteiger partial charge in [-0.15, -0.1) is 10.2 Å². The van der Waals surface area contributed by atoms with Gasteiger partial charge in [0.2, 0.25) is 5.65 Å². The van der Waals surface area contributed by atoms with Crippen LogP contribution in [0.1, 0.15) is 77.6 Å². The topological polar surface area (TPSA) is 89.2 Å². The van der Waals surface area contributed by atoms with Crippen molar-refractivity contribution in [3.8, 4) is 0 Å². The van der Waals surface area contributed by atoms with Crippen LogP contribution in [0, 0.1) is 18.8 Å². The zero-order valence-corrected chi connectivity index (χ0v) is 20.6. The van der Waals surface area contributed by atoms with Crippen molar-refractivity contribution in [3.63, 3.8) is 0 Å². The second kappa shape index (κ2) is 11.3. The number of unbranched alkanes of at least 4 members (excludes halogenated alkanes) is 2. The zero-order chi connectivity index (χ0) is 24.0. The Labute approximate surface area is 196 Å². The van der Waals surface area contributed by atoms with Crippen molar-refractivity contribution in [1.82, 2.24) is 19.6 Å². The van der Waals surface area contributed by atoms with Crippen molar-refractivity contribution >= 4 is 34.1 Å². The van der Waals surface area contributed by atoms with Crippen LogP contribution >= 0.6 is 0 Å². The number of Topliss-reactive ketones (excluding diaryl/α,β-unsaturated/α-hetero) is 2. The van der Waals surface area contributed by atoms with Crippen LogP contribution in [-0.4, -0.2) is 37.7 Å². The molecule has 0 unspecified atom stereocenters. The van der Waals surface area contributed by atoms with E-state index in [9.17, 15) is 9.59 Å². The molecule has 3 rings (SSSR count). The Hall–Kier alpha value is -2.83. The van der Waals surface area contributed by atoms with Crippen molar-refractivity contribution in [2.45, 2.75) is 79.6 Å². The highest BCUT2D eigenvalue weighted by molar-refractivity contribution is 5.86. The maximum atomic E-state index is 12.3. The van der Waals surface area contributed by atoms with E-state index < -0.39 is 0 Å². The number of ketones is 2. The van der Waals surface area contributed by atoms with Crippen LogP contribution in [0.4, 0.5) is 5.82 Å². The Morgan fingerprint density at radius 1 is 0.970 bits per heavy atom. The number of aryl methyl sites for hydroxylation is 1. The summed E-state index contributed by atoms with van der Waals surface area (Å²) in [6.45, 7) is 11.0. The van der Waals surface area contributed by atoms with Crippen LogP contribution in [0.5, 0.6) is 0 Å². The van der Waals surface area contributed by atoms with Gasteiger partial charge in [-0.1, -0.05) is 40.2 Å². The number of hydrogen-bond acceptors (Lipinski definition) is 6. The summed E-state index contributed by atoms with van der Waals surface area (Å²) >= 11 is 0. The summed E-state index contributed by atoms with van der Waals surface area (Å²) in [5.41, 5.74) is 3.43. The zero-order valence-electron chi connectivity index (χ0n) is 20.6. The van der Waals surface area contributed by atoms with Crippen LogP contribution in [-0.2, 0) is 16.0 Å². The second-order valence-electron chi connectivity index (χ2n) is 9.88. The SMILES string of the molecule is Cc1nnc2c(NCCCCCC(=O)CC(C)C)nc3ccc(CC(=O)CC(C)C)cc3n12. The normalized spacial score (nSPS) is 11.7. The van der Waals surface area contributed by atoms with Gasteiger partial charge in [-0.2, -0.15) is 0 Å². The number of benzene rings is 1. The molecule has 33 heavy (non-hydrogen) atoms. The Morgan fingerprint density at radius 3 is 2.42 bits per heavy atom. The molecule has 2 heterocycles. The van der Waals surface area contributed by atoms with Crippen LogP contribution in [0.15, 0.2) is 18.2 Å². The lowest BCUT2D eigenvalue weighted by Crippen LogP contribution is -2.09. The van der Waals surface area contributed by atoms with E-state index in [-0.39, 0.29) is 5.78 Å². The third-order valence-electron chi connectivity index (χ3n) is 5.65. The van der Waals surface area contributed by atoms with Gasteiger partial charge < -0.3 is 5.32 Å². The minimum Gasteiger partial charge on any atom is -0.367 e. The molecule has 0 aliphatic carbocycles. The number of hydrogen-bond donors (Lipinski definition) is 1. The lowest BCUT2D eigenvalue weighted by molar-refractivity contribution is -0.120. The fourth-order valence-electron chi connectivity index (χ4n) is 4.19. The third kappa shape index (κ3) is 6.83. The smallest absolute Gasteiger partial charge is 0.204 e. The largest absolute Gasteiger partial charge is 0.367 e. The van der Waals surface area contributed by atoms with E-state index >= 15 is 0 Å². The van der Waals surface area contributed by atoms with Gasteiger partial charge in [-0.3, -0.25) is 14.0 Å². The Bertz CT molecular complexity index is 1120. The molecule has 0 spiro atoms. The first-order chi connectivity index (χ1) is 15.7. The monoisotopic (exact) mass is 451 g/mol. The molecule has 3 aromatic rings. The fraction of sp³-hybridized carbons (Fsp3) is 0.577. The number of anilines is 1. The van der Waals surface area contributed by atoms with E-state index in [1.54, 1.807) is 0 Å². The molecule has 0 saturated heterocycles. The van der Waals surface area contributed by atoms with Gasteiger partial charge in [0.25, 0.3) is 0 Å². The van der Waals surface area contributed by atoms with Gasteiger partial charge in [0.15, 0.2) is 5.82 Å². The predicted octanol–water partition coefficient (Wildman–Crippen LogP) is 5.33. The van der Waals surface area contributed by atoms with E-state index in [4.69, 9.17) is 4.98 Å². The molecule has 0 amide bonds. The standard InChI is InChI=1S/C26H37N5O2/c1-17(2)13-21(32)9-7-6-8-12-27-25-26-30-29-19(5)31(26)24-16-20(10-11-23(24)28-25)15-22(33)14-18(3)4/h10-11,16-18H,6-9,12-15H2,1-5H3,(H,27,28). The molecule has 2 aromatic heterocycles. The third-order valence-corrected chi connectivity index (χ3v) is 5.65. The average molecular weight is 452 g/mol. The summed E-state index contributed by atoms with van der Waals surface area (Å²) in [7, 11) is 0. The molecule has 1 aromatic carbocycles. The summed E-state index contributed by atoms with van der Waals surface area (Å²) in [4.78, 5) is 28.9. The number of carbonyl (C=O) groups excluding carboxylic acids is 2. The Balaban J connectivity index is 1.68. The molecule has 0 radical (unpaired) electrons. The Morgan fingerprint density at radius 2 is 1.70 bits per heavy atom. The van der Waals surface area contributed by atoms with Crippen molar-refractivity contribution in [2.24, 2.45) is 11.8 Å². The summed E-state index contributed by atoms with van der Waals surface area (Å²) in [6, 6.07) is 5.98. The van der Waals surface area contributed by atoms with Gasteiger partial charge >= 0.3 is 0 Å². The van der Waals surface area contributed by atoms with Crippen LogP contribution in [0.25, 0.3) is 16.7 Å². The van der Waals surface area contributed by atoms with Crippen molar-refractivity contribution in [2.75, 3.05) is 11.9 Å². The minimum absolute atomic E-state index is 0.248. The summed E-state index contributed by atoms with van der Waals surface area (Å²) in [5, 5.41) is 12.0. The van der Waals surface area contributed by atoms with Crippen LogP contribution in [0.2, 0.25) is 0 Å². The highest BCUT2D eigenvalue weighted by Crippen LogP contribution is 2.23. The van der Waals surface area contributed by atoms with Gasteiger partial charge in [-0.25, -0.2) is 4.98 Å². The molecular formula is C26H37N5O2. The van der Waals surface area contributed by atoms with Crippen molar-refractivity contribution < 1.29 is 9.59 Å². The molecule has 1 N–H and O–H groups in total. The first-order valence-electron chi connectivity index (χ1n) is 12.2. The molecule has 0 aliphatic rings. The summed E-state index contributed by atoms with van der Waals surface area (Å²) in [6.07, 6.45) is 5.25. The van der Waals surface area contributed by atoms with Crippen molar-refractivity contribution in [1.29, 1.82) is 0 Å². The first-order valence-corrected chi connectivity index (χ1v) is 12.2. The molecular weight excluding hydrogens is 414 g/mol.